The van der Waals surface area contributed by atoms with E-state index in [2.05, 4.69) is 10.6 Å². The van der Waals surface area contributed by atoms with Crippen LogP contribution in [0.25, 0.3) is 6.08 Å². The molecule has 1 aliphatic rings. The molecule has 0 bridgehead atoms. The van der Waals surface area contributed by atoms with E-state index in [9.17, 15) is 9.59 Å². The van der Waals surface area contributed by atoms with E-state index in [4.69, 9.17) is 12.2 Å². The Morgan fingerprint density at radius 2 is 1.88 bits per heavy atom. The zero-order valence-corrected chi connectivity index (χ0v) is 15.4. The van der Waals surface area contributed by atoms with Crippen molar-refractivity contribution < 1.29 is 9.59 Å². The van der Waals surface area contributed by atoms with Gasteiger partial charge >= 0.3 is 0 Å². The molecule has 1 saturated heterocycles. The second-order valence-electron chi connectivity index (χ2n) is 5.91. The SMILES string of the molecule is CCc1ccccc1N1C(=O)/C(=C/c2ccc(NC(C)=O)cc2)NC1=S. The molecule has 1 fully saturated rings. The van der Waals surface area contributed by atoms with Gasteiger partial charge in [0.25, 0.3) is 5.91 Å². The van der Waals surface area contributed by atoms with Crippen LogP contribution in [0.3, 0.4) is 0 Å². The van der Waals surface area contributed by atoms with Crippen molar-refractivity contribution >= 4 is 46.6 Å². The minimum Gasteiger partial charge on any atom is -0.327 e. The lowest BCUT2D eigenvalue weighted by atomic mass is 10.1. The second-order valence-corrected chi connectivity index (χ2v) is 6.30. The predicted octanol–water partition coefficient (Wildman–Crippen LogP) is 3.47. The van der Waals surface area contributed by atoms with Crippen LogP contribution < -0.4 is 15.5 Å². The van der Waals surface area contributed by atoms with E-state index in [-0.39, 0.29) is 11.8 Å². The summed E-state index contributed by atoms with van der Waals surface area (Å²) in [5.41, 5.74) is 3.84. The van der Waals surface area contributed by atoms with Crippen LogP contribution in [0.4, 0.5) is 11.4 Å². The number of aryl methyl sites for hydroxylation is 1. The molecule has 0 saturated carbocycles. The first-order valence-corrected chi connectivity index (χ1v) is 8.73. The van der Waals surface area contributed by atoms with Gasteiger partial charge in [-0.3, -0.25) is 14.5 Å². The molecule has 3 rings (SSSR count). The Labute approximate surface area is 157 Å². The molecule has 0 radical (unpaired) electrons. The lowest BCUT2D eigenvalue weighted by molar-refractivity contribution is -0.114. The van der Waals surface area contributed by atoms with Crippen LogP contribution in [0.2, 0.25) is 0 Å². The van der Waals surface area contributed by atoms with Gasteiger partial charge in [0.15, 0.2) is 5.11 Å². The number of hydrogen-bond donors (Lipinski definition) is 2. The first-order chi connectivity index (χ1) is 12.5. The van der Waals surface area contributed by atoms with Crippen LogP contribution in [-0.4, -0.2) is 16.9 Å². The Kier molecular flexibility index (Phi) is 5.14. The third-order valence-corrected chi connectivity index (χ3v) is 4.32. The maximum atomic E-state index is 12.9. The molecule has 0 unspecified atom stereocenters. The van der Waals surface area contributed by atoms with Crippen molar-refractivity contribution in [1.29, 1.82) is 0 Å². The highest BCUT2D eigenvalue weighted by Crippen LogP contribution is 2.26. The number of rotatable bonds is 4. The van der Waals surface area contributed by atoms with Crippen LogP contribution in [0.5, 0.6) is 0 Å². The predicted molar refractivity (Wildman–Crippen MR) is 108 cm³/mol. The van der Waals surface area contributed by atoms with Gasteiger partial charge in [-0.25, -0.2) is 0 Å². The smallest absolute Gasteiger partial charge is 0.281 e. The van der Waals surface area contributed by atoms with Crippen LogP contribution in [0.1, 0.15) is 25.0 Å². The molecule has 0 aromatic heterocycles. The molecular formula is C20H19N3O2S. The van der Waals surface area contributed by atoms with Gasteiger partial charge in [0.1, 0.15) is 5.70 Å². The number of carbonyl (C=O) groups is 2. The van der Waals surface area contributed by atoms with Crippen molar-refractivity contribution in [2.75, 3.05) is 10.2 Å². The third kappa shape index (κ3) is 3.65. The minimum atomic E-state index is -0.179. The number of hydrogen-bond acceptors (Lipinski definition) is 3. The lowest BCUT2D eigenvalue weighted by Gasteiger charge is -2.17. The maximum Gasteiger partial charge on any atom is 0.281 e. The fraction of sp³-hybridized carbons (Fsp3) is 0.150. The van der Waals surface area contributed by atoms with Crippen LogP contribution in [-0.2, 0) is 16.0 Å². The second kappa shape index (κ2) is 7.49. The van der Waals surface area contributed by atoms with E-state index in [1.165, 1.54) is 11.8 Å². The summed E-state index contributed by atoms with van der Waals surface area (Å²) in [7, 11) is 0. The summed E-state index contributed by atoms with van der Waals surface area (Å²) >= 11 is 5.37. The molecule has 1 aliphatic heterocycles. The summed E-state index contributed by atoms with van der Waals surface area (Å²) in [4.78, 5) is 25.5. The van der Waals surface area contributed by atoms with E-state index < -0.39 is 0 Å². The Balaban J connectivity index is 1.86. The molecule has 26 heavy (non-hydrogen) atoms. The zero-order valence-electron chi connectivity index (χ0n) is 14.6. The monoisotopic (exact) mass is 365 g/mol. The molecule has 0 aliphatic carbocycles. The number of anilines is 2. The summed E-state index contributed by atoms with van der Waals surface area (Å²) in [5, 5.41) is 6.08. The number of carbonyl (C=O) groups excluding carboxylic acids is 2. The zero-order chi connectivity index (χ0) is 18.7. The summed E-state index contributed by atoms with van der Waals surface area (Å²) in [6.07, 6.45) is 2.56. The van der Waals surface area contributed by atoms with Gasteiger partial charge in [0.2, 0.25) is 5.91 Å². The number of thiocarbonyl (C=S) groups is 1. The van der Waals surface area contributed by atoms with Gasteiger partial charge < -0.3 is 10.6 Å². The van der Waals surface area contributed by atoms with Crippen LogP contribution in [0, 0.1) is 0 Å². The molecule has 2 aromatic rings. The topological polar surface area (TPSA) is 61.4 Å². The summed E-state index contributed by atoms with van der Waals surface area (Å²) in [5.74, 6) is -0.304. The standard InChI is InChI=1S/C20H19N3O2S/c1-3-15-6-4-5-7-18(15)23-19(25)17(22-20(23)26)12-14-8-10-16(11-9-14)21-13(2)24/h4-12H,3H2,1-2H3,(H,21,24)(H,22,26)/b17-12-. The number of benzene rings is 2. The fourth-order valence-electron chi connectivity index (χ4n) is 2.81. The van der Waals surface area contributed by atoms with Gasteiger partial charge in [-0.1, -0.05) is 37.3 Å². The molecule has 0 atom stereocenters. The summed E-state index contributed by atoms with van der Waals surface area (Å²) in [6, 6.07) is 15.0. The van der Waals surface area contributed by atoms with E-state index in [1.807, 2.05) is 43.3 Å². The molecule has 2 N–H and O–H groups in total. The van der Waals surface area contributed by atoms with Crippen LogP contribution in [0.15, 0.2) is 54.2 Å². The van der Waals surface area contributed by atoms with E-state index in [1.54, 1.807) is 18.2 Å². The molecular weight excluding hydrogens is 346 g/mol. The molecule has 2 aromatic carbocycles. The van der Waals surface area contributed by atoms with Gasteiger partial charge in [-0.2, -0.15) is 0 Å². The number of para-hydroxylation sites is 1. The molecule has 1 heterocycles. The first kappa shape index (κ1) is 17.8. The average Bonchev–Trinajstić information content (AvgIpc) is 2.89. The van der Waals surface area contributed by atoms with Gasteiger partial charge in [0.05, 0.1) is 5.69 Å². The number of nitrogens with one attached hydrogen (secondary N) is 2. The summed E-state index contributed by atoms with van der Waals surface area (Å²) < 4.78 is 0. The number of amides is 2. The quantitative estimate of drug-likeness (QED) is 0.643. The highest BCUT2D eigenvalue weighted by Gasteiger charge is 2.32. The van der Waals surface area contributed by atoms with Crippen molar-refractivity contribution in [1.82, 2.24) is 5.32 Å². The Hall–Kier alpha value is -2.99. The highest BCUT2D eigenvalue weighted by atomic mass is 32.1. The largest absolute Gasteiger partial charge is 0.327 e. The number of nitrogens with zero attached hydrogens (tertiary/aromatic N) is 1. The van der Waals surface area contributed by atoms with Gasteiger partial charge in [-0.15, -0.1) is 0 Å². The third-order valence-electron chi connectivity index (χ3n) is 4.03. The van der Waals surface area contributed by atoms with Crippen molar-refractivity contribution in [3.8, 4) is 0 Å². The van der Waals surface area contributed by atoms with Crippen molar-refractivity contribution in [2.45, 2.75) is 20.3 Å². The Morgan fingerprint density at radius 1 is 1.19 bits per heavy atom. The van der Waals surface area contributed by atoms with Crippen molar-refractivity contribution in [2.24, 2.45) is 0 Å². The molecule has 0 spiro atoms. The van der Waals surface area contributed by atoms with E-state index in [0.29, 0.717) is 16.5 Å². The highest BCUT2D eigenvalue weighted by molar-refractivity contribution is 7.80. The maximum absolute atomic E-state index is 12.9. The Bertz CT molecular complexity index is 904. The lowest BCUT2D eigenvalue weighted by Crippen LogP contribution is -2.31. The van der Waals surface area contributed by atoms with E-state index >= 15 is 0 Å². The van der Waals surface area contributed by atoms with E-state index in [0.717, 1.165) is 23.2 Å². The van der Waals surface area contributed by atoms with Crippen molar-refractivity contribution in [3.63, 3.8) is 0 Å². The Morgan fingerprint density at radius 3 is 2.54 bits per heavy atom. The van der Waals surface area contributed by atoms with Gasteiger partial charge in [-0.05, 0) is 54.0 Å². The van der Waals surface area contributed by atoms with Crippen LogP contribution >= 0.6 is 12.2 Å². The first-order valence-electron chi connectivity index (χ1n) is 8.32. The summed E-state index contributed by atoms with van der Waals surface area (Å²) in [6.45, 7) is 3.50. The molecule has 2 amide bonds. The normalized spacial score (nSPS) is 15.3. The molecule has 132 valence electrons. The average molecular weight is 365 g/mol. The molecule has 6 heteroatoms. The molecule has 5 nitrogen and oxygen atoms in total. The fourth-order valence-corrected chi connectivity index (χ4v) is 3.11. The van der Waals surface area contributed by atoms with Gasteiger partial charge in [0, 0.05) is 12.6 Å². The van der Waals surface area contributed by atoms with Crippen molar-refractivity contribution in [3.05, 3.63) is 65.4 Å². The minimum absolute atomic E-state index is 0.126.